The van der Waals surface area contributed by atoms with Crippen LogP contribution in [-0.4, -0.2) is 24.6 Å². The number of hydrogen-bond donors (Lipinski definition) is 2. The van der Waals surface area contributed by atoms with Crippen molar-refractivity contribution in [3.05, 3.63) is 29.6 Å². The Bertz CT molecular complexity index is 243. The molecule has 0 radical (unpaired) electrons. The van der Waals surface area contributed by atoms with Crippen molar-refractivity contribution < 1.29 is 0 Å². The first-order valence-electron chi connectivity index (χ1n) is 5.21. The van der Waals surface area contributed by atoms with Gasteiger partial charge < -0.3 is 11.1 Å². The molecule has 14 heavy (non-hydrogen) atoms. The highest BCUT2D eigenvalue weighted by Crippen LogP contribution is 2.00. The predicted octanol–water partition coefficient (Wildman–Crippen LogP) is 0.735. The van der Waals surface area contributed by atoms with Gasteiger partial charge >= 0.3 is 0 Å². The van der Waals surface area contributed by atoms with Crippen molar-refractivity contribution in [2.75, 3.05) is 19.6 Å². The van der Waals surface area contributed by atoms with Gasteiger partial charge in [0.25, 0.3) is 0 Å². The Morgan fingerprint density at radius 2 is 2.21 bits per heavy atom. The van der Waals surface area contributed by atoms with Crippen LogP contribution in [0, 0.1) is 0 Å². The third-order valence-electron chi connectivity index (χ3n) is 2.17. The minimum atomic E-state index is 0.697. The molecule has 3 heteroatoms. The summed E-state index contributed by atoms with van der Waals surface area (Å²) in [5.74, 6) is 0. The van der Waals surface area contributed by atoms with Crippen molar-refractivity contribution in [1.29, 1.82) is 0 Å². The third kappa shape index (κ3) is 3.85. The molecule has 0 unspecified atom stereocenters. The van der Waals surface area contributed by atoms with Gasteiger partial charge in [0.1, 0.15) is 0 Å². The fourth-order valence-electron chi connectivity index (χ4n) is 1.26. The number of nitrogens with zero attached hydrogens (tertiary/aromatic N) is 1. The Morgan fingerprint density at radius 1 is 1.36 bits per heavy atom. The van der Waals surface area contributed by atoms with E-state index in [9.17, 15) is 0 Å². The van der Waals surface area contributed by atoms with Gasteiger partial charge in [0.05, 0.1) is 0 Å². The molecule has 1 rings (SSSR count). The van der Waals surface area contributed by atoms with E-state index in [1.54, 1.807) is 0 Å². The number of pyridine rings is 1. The van der Waals surface area contributed by atoms with Crippen molar-refractivity contribution in [3.63, 3.8) is 0 Å². The van der Waals surface area contributed by atoms with Gasteiger partial charge in [-0.2, -0.15) is 0 Å². The van der Waals surface area contributed by atoms with Crippen LogP contribution in [0.2, 0.25) is 0 Å². The molecule has 1 aromatic heterocycles. The van der Waals surface area contributed by atoms with Crippen molar-refractivity contribution in [3.8, 4) is 0 Å². The van der Waals surface area contributed by atoms with Crippen LogP contribution in [0.5, 0.6) is 0 Å². The number of rotatable bonds is 6. The molecule has 0 bridgehead atoms. The molecule has 78 valence electrons. The molecular formula is C11H19N3. The summed E-state index contributed by atoms with van der Waals surface area (Å²) in [7, 11) is 0. The van der Waals surface area contributed by atoms with Gasteiger partial charge in [-0.15, -0.1) is 0 Å². The second kappa shape index (κ2) is 6.51. The zero-order valence-corrected chi connectivity index (χ0v) is 8.79. The Labute approximate surface area is 85.7 Å². The Hall–Kier alpha value is -0.930. The van der Waals surface area contributed by atoms with Gasteiger partial charge in [-0.05, 0) is 18.1 Å². The maximum Gasteiger partial charge on any atom is 0.0416 e. The molecule has 0 aliphatic rings. The van der Waals surface area contributed by atoms with Crippen LogP contribution in [0.25, 0.3) is 0 Å². The van der Waals surface area contributed by atoms with Crippen LogP contribution in [0.15, 0.2) is 18.3 Å². The van der Waals surface area contributed by atoms with Gasteiger partial charge in [-0.25, -0.2) is 0 Å². The van der Waals surface area contributed by atoms with E-state index in [1.807, 2.05) is 6.20 Å². The number of nitrogens with one attached hydrogen (secondary N) is 1. The smallest absolute Gasteiger partial charge is 0.0416 e. The standard InChI is InChI=1S/C11H19N3/c1-2-10-3-4-11(14-9-10)5-7-13-8-6-12/h3-4,9,13H,2,5-8,12H2,1H3. The molecular weight excluding hydrogens is 174 g/mol. The molecule has 3 nitrogen and oxygen atoms in total. The normalized spacial score (nSPS) is 10.4. The summed E-state index contributed by atoms with van der Waals surface area (Å²) in [4.78, 5) is 4.38. The maximum absolute atomic E-state index is 5.37. The summed E-state index contributed by atoms with van der Waals surface area (Å²) in [5.41, 5.74) is 7.81. The van der Waals surface area contributed by atoms with Crippen LogP contribution in [-0.2, 0) is 12.8 Å². The zero-order chi connectivity index (χ0) is 10.2. The number of nitrogens with two attached hydrogens (primary N) is 1. The molecule has 0 spiro atoms. The van der Waals surface area contributed by atoms with E-state index < -0.39 is 0 Å². The van der Waals surface area contributed by atoms with Crippen molar-refractivity contribution in [2.24, 2.45) is 5.73 Å². The van der Waals surface area contributed by atoms with Gasteiger partial charge in [0.15, 0.2) is 0 Å². The van der Waals surface area contributed by atoms with E-state index in [-0.39, 0.29) is 0 Å². The molecule has 0 fully saturated rings. The fourth-order valence-corrected chi connectivity index (χ4v) is 1.26. The van der Waals surface area contributed by atoms with E-state index in [2.05, 4.69) is 29.4 Å². The second-order valence-electron chi connectivity index (χ2n) is 3.30. The lowest BCUT2D eigenvalue weighted by molar-refractivity contribution is 0.682. The van der Waals surface area contributed by atoms with Crippen LogP contribution < -0.4 is 11.1 Å². The van der Waals surface area contributed by atoms with E-state index >= 15 is 0 Å². The Balaban J connectivity index is 2.29. The molecule has 0 aliphatic heterocycles. The van der Waals surface area contributed by atoms with Crippen LogP contribution in [0.1, 0.15) is 18.2 Å². The summed E-state index contributed by atoms with van der Waals surface area (Å²) < 4.78 is 0. The molecule has 0 saturated heterocycles. The molecule has 0 aromatic carbocycles. The molecule has 1 heterocycles. The predicted molar refractivity (Wildman–Crippen MR) is 59.2 cm³/mol. The van der Waals surface area contributed by atoms with E-state index in [1.165, 1.54) is 5.56 Å². The minimum absolute atomic E-state index is 0.697. The number of aryl methyl sites for hydroxylation is 1. The minimum Gasteiger partial charge on any atom is -0.329 e. The van der Waals surface area contributed by atoms with Gasteiger partial charge in [-0.3, -0.25) is 4.98 Å². The topological polar surface area (TPSA) is 50.9 Å². The first-order valence-corrected chi connectivity index (χ1v) is 5.21. The van der Waals surface area contributed by atoms with E-state index in [0.29, 0.717) is 6.54 Å². The van der Waals surface area contributed by atoms with E-state index in [4.69, 9.17) is 5.73 Å². The quantitative estimate of drug-likeness (QED) is 0.655. The molecule has 0 amide bonds. The summed E-state index contributed by atoms with van der Waals surface area (Å²) >= 11 is 0. The molecule has 0 saturated carbocycles. The third-order valence-corrected chi connectivity index (χ3v) is 2.17. The van der Waals surface area contributed by atoms with Gasteiger partial charge in [0.2, 0.25) is 0 Å². The largest absolute Gasteiger partial charge is 0.329 e. The second-order valence-corrected chi connectivity index (χ2v) is 3.30. The summed E-state index contributed by atoms with van der Waals surface area (Å²) in [6.07, 6.45) is 3.99. The summed E-state index contributed by atoms with van der Waals surface area (Å²) in [6, 6.07) is 4.24. The van der Waals surface area contributed by atoms with Crippen LogP contribution in [0.4, 0.5) is 0 Å². The Morgan fingerprint density at radius 3 is 2.79 bits per heavy atom. The van der Waals surface area contributed by atoms with Crippen molar-refractivity contribution in [1.82, 2.24) is 10.3 Å². The highest BCUT2D eigenvalue weighted by atomic mass is 14.9. The highest BCUT2D eigenvalue weighted by molar-refractivity contribution is 5.13. The lowest BCUT2D eigenvalue weighted by atomic mass is 10.2. The molecule has 3 N–H and O–H groups in total. The average Bonchev–Trinajstić information content (AvgIpc) is 2.25. The Kier molecular flexibility index (Phi) is 5.19. The fraction of sp³-hybridized carbons (Fsp3) is 0.545. The first kappa shape index (κ1) is 11.1. The van der Waals surface area contributed by atoms with Crippen LogP contribution in [0.3, 0.4) is 0 Å². The zero-order valence-electron chi connectivity index (χ0n) is 8.79. The number of aromatic nitrogens is 1. The lowest BCUT2D eigenvalue weighted by Gasteiger charge is -2.03. The monoisotopic (exact) mass is 193 g/mol. The van der Waals surface area contributed by atoms with Gasteiger partial charge in [0, 0.05) is 37.9 Å². The van der Waals surface area contributed by atoms with Crippen molar-refractivity contribution in [2.45, 2.75) is 19.8 Å². The first-order chi connectivity index (χ1) is 6.86. The summed E-state index contributed by atoms with van der Waals surface area (Å²) in [5, 5.41) is 3.25. The van der Waals surface area contributed by atoms with E-state index in [0.717, 1.165) is 31.6 Å². The average molecular weight is 193 g/mol. The van der Waals surface area contributed by atoms with Crippen molar-refractivity contribution >= 4 is 0 Å². The number of hydrogen-bond acceptors (Lipinski definition) is 3. The molecule has 1 aromatic rings. The highest BCUT2D eigenvalue weighted by Gasteiger charge is 1.94. The molecule has 0 aliphatic carbocycles. The summed E-state index contributed by atoms with van der Waals surface area (Å²) in [6.45, 7) is 4.67. The lowest BCUT2D eigenvalue weighted by Crippen LogP contribution is -2.24. The molecule has 0 atom stereocenters. The van der Waals surface area contributed by atoms with Gasteiger partial charge in [-0.1, -0.05) is 13.0 Å². The van der Waals surface area contributed by atoms with Crippen LogP contribution >= 0.6 is 0 Å². The SMILES string of the molecule is CCc1ccc(CCNCCN)nc1. The maximum atomic E-state index is 5.37.